The number of halogens is 1. The molecule has 3 rings (SSSR count). The van der Waals surface area contributed by atoms with Gasteiger partial charge in [0.05, 0.1) is 17.1 Å². The lowest BCUT2D eigenvalue weighted by atomic mass is 10.1. The van der Waals surface area contributed by atoms with Crippen LogP contribution in [-0.2, 0) is 27.8 Å². The number of hydrogen-bond acceptors (Lipinski definition) is 4. The average Bonchev–Trinajstić information content (AvgIpc) is 2.76. The van der Waals surface area contributed by atoms with E-state index in [9.17, 15) is 13.2 Å². The molecule has 0 N–H and O–H groups in total. The van der Waals surface area contributed by atoms with Crippen molar-refractivity contribution in [3.8, 4) is 0 Å². The standard InChI is InChI=1S/C24H24BrNO4S/c1-3-30-24(27)21-10-6-19(7-11-21)16-26(17-20-8-12-22(25)13-9-20)31(28,29)23-14-4-18(2)5-15-23/h4-15H,3,16-17H2,1-2H3. The molecule has 0 aliphatic rings. The Morgan fingerprint density at radius 1 is 0.871 bits per heavy atom. The van der Waals surface area contributed by atoms with Gasteiger partial charge in [0.25, 0.3) is 0 Å². The summed E-state index contributed by atoms with van der Waals surface area (Å²) < 4.78 is 34.2. The van der Waals surface area contributed by atoms with Gasteiger partial charge in [-0.1, -0.05) is 57.9 Å². The van der Waals surface area contributed by atoms with Gasteiger partial charge in [-0.15, -0.1) is 0 Å². The van der Waals surface area contributed by atoms with Gasteiger partial charge >= 0.3 is 5.97 Å². The molecule has 162 valence electrons. The maximum atomic E-state index is 13.4. The number of esters is 1. The van der Waals surface area contributed by atoms with Crippen LogP contribution in [0, 0.1) is 6.92 Å². The van der Waals surface area contributed by atoms with Crippen molar-refractivity contribution < 1.29 is 17.9 Å². The summed E-state index contributed by atoms with van der Waals surface area (Å²) in [4.78, 5) is 12.1. The van der Waals surface area contributed by atoms with Gasteiger partial charge < -0.3 is 4.74 Å². The van der Waals surface area contributed by atoms with Gasteiger partial charge in [-0.25, -0.2) is 13.2 Å². The van der Waals surface area contributed by atoms with Crippen molar-refractivity contribution in [3.63, 3.8) is 0 Å². The smallest absolute Gasteiger partial charge is 0.338 e. The van der Waals surface area contributed by atoms with Crippen molar-refractivity contribution >= 4 is 31.9 Å². The predicted molar refractivity (Wildman–Crippen MR) is 124 cm³/mol. The number of carbonyl (C=O) groups excluding carboxylic acids is 1. The highest BCUT2D eigenvalue weighted by molar-refractivity contribution is 9.10. The molecular weight excluding hydrogens is 478 g/mol. The van der Waals surface area contributed by atoms with Crippen LogP contribution < -0.4 is 0 Å². The van der Waals surface area contributed by atoms with Gasteiger partial charge in [0.15, 0.2) is 0 Å². The van der Waals surface area contributed by atoms with E-state index >= 15 is 0 Å². The Morgan fingerprint density at radius 3 is 1.90 bits per heavy atom. The molecule has 0 aliphatic heterocycles. The number of ether oxygens (including phenoxy) is 1. The summed E-state index contributed by atoms with van der Waals surface area (Å²) in [5.74, 6) is -0.395. The van der Waals surface area contributed by atoms with Gasteiger partial charge in [-0.2, -0.15) is 4.31 Å². The second-order valence-corrected chi connectivity index (χ2v) is 9.98. The third-order valence-electron chi connectivity index (χ3n) is 4.75. The average molecular weight is 502 g/mol. The largest absolute Gasteiger partial charge is 0.462 e. The second-order valence-electron chi connectivity index (χ2n) is 7.13. The SMILES string of the molecule is CCOC(=O)c1ccc(CN(Cc2ccc(Br)cc2)S(=O)(=O)c2ccc(C)cc2)cc1. The third kappa shape index (κ3) is 6.03. The van der Waals surface area contributed by atoms with Gasteiger partial charge in [0.1, 0.15) is 0 Å². The minimum Gasteiger partial charge on any atom is -0.462 e. The molecule has 0 aromatic heterocycles. The predicted octanol–water partition coefficient (Wildman–Crippen LogP) is 5.33. The van der Waals surface area contributed by atoms with Crippen molar-refractivity contribution in [2.24, 2.45) is 0 Å². The van der Waals surface area contributed by atoms with Crippen molar-refractivity contribution in [3.05, 3.63) is 99.5 Å². The molecule has 0 heterocycles. The van der Waals surface area contributed by atoms with Gasteiger partial charge in [-0.05, 0) is 61.4 Å². The Morgan fingerprint density at radius 2 is 1.39 bits per heavy atom. The highest BCUT2D eigenvalue weighted by Crippen LogP contribution is 2.23. The lowest BCUT2D eigenvalue weighted by Gasteiger charge is -2.23. The van der Waals surface area contributed by atoms with Gasteiger partial charge in [-0.3, -0.25) is 0 Å². The lowest BCUT2D eigenvalue weighted by Crippen LogP contribution is -2.30. The summed E-state index contributed by atoms with van der Waals surface area (Å²) in [6, 6.07) is 21.2. The summed E-state index contributed by atoms with van der Waals surface area (Å²) in [6.45, 7) is 4.37. The number of carbonyl (C=O) groups is 1. The molecule has 0 unspecified atom stereocenters. The first-order valence-corrected chi connectivity index (χ1v) is 12.1. The van der Waals surface area contributed by atoms with Crippen LogP contribution in [0.15, 0.2) is 82.2 Å². The van der Waals surface area contributed by atoms with E-state index in [1.807, 2.05) is 31.2 Å². The lowest BCUT2D eigenvalue weighted by molar-refractivity contribution is 0.0526. The fourth-order valence-electron chi connectivity index (χ4n) is 3.04. The van der Waals surface area contributed by atoms with E-state index in [1.54, 1.807) is 55.5 Å². The van der Waals surface area contributed by atoms with E-state index in [-0.39, 0.29) is 18.0 Å². The van der Waals surface area contributed by atoms with Gasteiger partial charge in [0.2, 0.25) is 10.0 Å². The first-order chi connectivity index (χ1) is 14.8. The van der Waals surface area contributed by atoms with Crippen LogP contribution in [0.3, 0.4) is 0 Å². The van der Waals surface area contributed by atoms with Crippen LogP contribution >= 0.6 is 15.9 Å². The first kappa shape index (κ1) is 23.2. The van der Waals surface area contributed by atoms with E-state index in [0.717, 1.165) is 21.2 Å². The minimum absolute atomic E-state index is 0.176. The molecule has 7 heteroatoms. The van der Waals surface area contributed by atoms with E-state index in [2.05, 4.69) is 15.9 Å². The molecule has 0 radical (unpaired) electrons. The number of benzene rings is 3. The Kier molecular flexibility index (Phi) is 7.64. The molecule has 0 aliphatic carbocycles. The van der Waals surface area contributed by atoms with Crippen LogP contribution in [0.5, 0.6) is 0 Å². The van der Waals surface area contributed by atoms with E-state index in [1.165, 1.54) is 4.31 Å². The molecule has 0 amide bonds. The van der Waals surface area contributed by atoms with Crippen LogP contribution in [0.4, 0.5) is 0 Å². The quantitative estimate of drug-likeness (QED) is 0.391. The van der Waals surface area contributed by atoms with Crippen LogP contribution in [0.2, 0.25) is 0 Å². The molecule has 0 atom stereocenters. The number of hydrogen-bond donors (Lipinski definition) is 0. The zero-order valence-electron chi connectivity index (χ0n) is 17.4. The Labute approximate surface area is 191 Å². The molecule has 0 fully saturated rings. The Bertz CT molecular complexity index is 1130. The normalized spacial score (nSPS) is 11.5. The fourth-order valence-corrected chi connectivity index (χ4v) is 4.72. The van der Waals surface area contributed by atoms with Gasteiger partial charge in [0, 0.05) is 17.6 Å². The molecule has 0 spiro atoms. The van der Waals surface area contributed by atoms with Crippen molar-refractivity contribution in [2.45, 2.75) is 31.8 Å². The Balaban J connectivity index is 1.90. The molecule has 0 saturated carbocycles. The summed E-state index contributed by atoms with van der Waals surface area (Å²) in [7, 11) is -3.73. The number of nitrogens with zero attached hydrogens (tertiary/aromatic N) is 1. The summed E-state index contributed by atoms with van der Waals surface area (Å²) >= 11 is 3.41. The maximum absolute atomic E-state index is 13.4. The summed E-state index contributed by atoms with van der Waals surface area (Å²) in [5.41, 5.74) is 3.09. The molecule has 3 aromatic rings. The third-order valence-corrected chi connectivity index (χ3v) is 7.09. The molecule has 5 nitrogen and oxygen atoms in total. The monoisotopic (exact) mass is 501 g/mol. The highest BCUT2D eigenvalue weighted by Gasteiger charge is 2.25. The number of aryl methyl sites for hydroxylation is 1. The first-order valence-electron chi connectivity index (χ1n) is 9.87. The van der Waals surface area contributed by atoms with Crippen molar-refractivity contribution in [2.75, 3.05) is 6.61 Å². The molecule has 0 bridgehead atoms. The summed E-state index contributed by atoms with van der Waals surface area (Å²) in [5, 5.41) is 0. The molecule has 31 heavy (non-hydrogen) atoms. The number of sulfonamides is 1. The minimum atomic E-state index is -3.73. The zero-order chi connectivity index (χ0) is 22.4. The van der Waals surface area contributed by atoms with Crippen LogP contribution in [-0.4, -0.2) is 25.3 Å². The van der Waals surface area contributed by atoms with E-state index in [4.69, 9.17) is 4.74 Å². The zero-order valence-corrected chi connectivity index (χ0v) is 19.8. The topological polar surface area (TPSA) is 63.7 Å². The summed E-state index contributed by atoms with van der Waals surface area (Å²) in [6.07, 6.45) is 0. The van der Waals surface area contributed by atoms with E-state index in [0.29, 0.717) is 12.2 Å². The molecular formula is C24H24BrNO4S. The van der Waals surface area contributed by atoms with Crippen molar-refractivity contribution in [1.29, 1.82) is 0 Å². The molecule has 3 aromatic carbocycles. The number of rotatable bonds is 8. The Hall–Kier alpha value is -2.48. The van der Waals surface area contributed by atoms with Crippen LogP contribution in [0.25, 0.3) is 0 Å². The van der Waals surface area contributed by atoms with Crippen molar-refractivity contribution in [1.82, 2.24) is 4.31 Å². The molecule has 0 saturated heterocycles. The van der Waals surface area contributed by atoms with E-state index < -0.39 is 16.0 Å². The fraction of sp³-hybridized carbons (Fsp3) is 0.208. The second kappa shape index (κ2) is 10.2. The van der Waals surface area contributed by atoms with Crippen LogP contribution in [0.1, 0.15) is 34.0 Å². The maximum Gasteiger partial charge on any atom is 0.338 e. The highest BCUT2D eigenvalue weighted by atomic mass is 79.9.